The van der Waals surface area contributed by atoms with Gasteiger partial charge in [-0.05, 0) is 36.8 Å². The Morgan fingerprint density at radius 3 is 2.42 bits per heavy atom. The molecule has 0 saturated heterocycles. The average molecular weight is 438 g/mol. The van der Waals surface area contributed by atoms with Crippen molar-refractivity contribution in [2.75, 3.05) is 16.0 Å². The van der Waals surface area contributed by atoms with E-state index in [9.17, 15) is 14.4 Å². The van der Waals surface area contributed by atoms with E-state index in [0.717, 1.165) is 11.4 Å². The zero-order chi connectivity index (χ0) is 22.4. The largest absolute Gasteiger partial charge is 0.326 e. The van der Waals surface area contributed by atoms with Gasteiger partial charge in [-0.15, -0.1) is 10.2 Å². The number of rotatable bonds is 7. The van der Waals surface area contributed by atoms with Crippen LogP contribution in [0.25, 0.3) is 0 Å². The highest BCUT2D eigenvalue weighted by Gasteiger charge is 2.16. The van der Waals surface area contributed by atoms with E-state index < -0.39 is 11.8 Å². The van der Waals surface area contributed by atoms with Crippen molar-refractivity contribution in [1.29, 1.82) is 0 Å². The quantitative estimate of drug-likeness (QED) is 0.513. The van der Waals surface area contributed by atoms with Crippen LogP contribution in [0.2, 0.25) is 0 Å². The van der Waals surface area contributed by atoms with Crippen molar-refractivity contribution in [3.8, 4) is 0 Å². The van der Waals surface area contributed by atoms with Crippen molar-refractivity contribution in [3.63, 3.8) is 0 Å². The fraction of sp³-hybridized carbons (Fsp3) is 0.227. The number of hydrogen-bond acceptors (Lipinski definition) is 6. The van der Waals surface area contributed by atoms with Gasteiger partial charge in [0, 0.05) is 17.2 Å². The predicted octanol–water partition coefficient (Wildman–Crippen LogP) is 4.20. The number of para-hydroxylation sites is 1. The first kappa shape index (κ1) is 22.1. The van der Waals surface area contributed by atoms with Gasteiger partial charge < -0.3 is 10.6 Å². The van der Waals surface area contributed by atoms with Crippen LogP contribution in [-0.4, -0.2) is 27.9 Å². The summed E-state index contributed by atoms with van der Waals surface area (Å²) in [5, 5.41) is 17.4. The standard InChI is InChI=1S/C22H23N5O3S/c1-4-18-26-27-22(31-18)25-21(30)16-10-5-6-11-17(16)24-20(29)14-8-7-9-15(12-14)23-19(28)13(2)3/h5-13H,4H2,1-3H3,(H,23,28)(H,24,29)(H,25,27,30). The molecule has 3 N–H and O–H groups in total. The molecule has 3 amide bonds. The summed E-state index contributed by atoms with van der Waals surface area (Å²) in [4.78, 5) is 37.4. The highest BCUT2D eigenvalue weighted by Crippen LogP contribution is 2.21. The van der Waals surface area contributed by atoms with E-state index >= 15 is 0 Å². The van der Waals surface area contributed by atoms with Gasteiger partial charge in [-0.3, -0.25) is 19.7 Å². The molecule has 0 bridgehead atoms. The van der Waals surface area contributed by atoms with Crippen LogP contribution in [0.1, 0.15) is 46.5 Å². The Morgan fingerprint density at radius 1 is 0.935 bits per heavy atom. The number of nitrogens with one attached hydrogen (secondary N) is 3. The van der Waals surface area contributed by atoms with E-state index in [2.05, 4.69) is 26.1 Å². The smallest absolute Gasteiger partial charge is 0.259 e. The number of aromatic nitrogens is 2. The summed E-state index contributed by atoms with van der Waals surface area (Å²) in [6.45, 7) is 5.54. The van der Waals surface area contributed by atoms with Gasteiger partial charge >= 0.3 is 0 Å². The first-order valence-electron chi connectivity index (χ1n) is 9.82. The van der Waals surface area contributed by atoms with Crippen molar-refractivity contribution in [1.82, 2.24) is 10.2 Å². The Bertz CT molecular complexity index is 1110. The van der Waals surface area contributed by atoms with Crippen LogP contribution in [0.15, 0.2) is 48.5 Å². The van der Waals surface area contributed by atoms with Gasteiger partial charge in [0.1, 0.15) is 5.01 Å². The van der Waals surface area contributed by atoms with Crippen molar-refractivity contribution in [3.05, 3.63) is 64.7 Å². The first-order chi connectivity index (χ1) is 14.9. The average Bonchev–Trinajstić information content (AvgIpc) is 3.21. The number of nitrogens with zero attached hydrogens (tertiary/aromatic N) is 2. The monoisotopic (exact) mass is 437 g/mol. The summed E-state index contributed by atoms with van der Waals surface area (Å²) in [6.07, 6.45) is 0.733. The maximum Gasteiger partial charge on any atom is 0.259 e. The number of benzene rings is 2. The summed E-state index contributed by atoms with van der Waals surface area (Å²) >= 11 is 1.30. The lowest BCUT2D eigenvalue weighted by Gasteiger charge is -2.12. The molecule has 0 aliphatic heterocycles. The van der Waals surface area contributed by atoms with Crippen molar-refractivity contribution < 1.29 is 14.4 Å². The highest BCUT2D eigenvalue weighted by molar-refractivity contribution is 7.15. The third kappa shape index (κ3) is 5.73. The third-order valence-electron chi connectivity index (χ3n) is 4.33. The molecule has 3 rings (SSSR count). The molecule has 0 spiro atoms. The van der Waals surface area contributed by atoms with Gasteiger partial charge in [0.05, 0.1) is 11.3 Å². The summed E-state index contributed by atoms with van der Waals surface area (Å²) < 4.78 is 0. The Hall–Kier alpha value is -3.59. The summed E-state index contributed by atoms with van der Waals surface area (Å²) in [5.41, 5.74) is 1.55. The van der Waals surface area contributed by atoms with Gasteiger partial charge in [0.2, 0.25) is 11.0 Å². The third-order valence-corrected chi connectivity index (χ3v) is 5.31. The minimum absolute atomic E-state index is 0.137. The van der Waals surface area contributed by atoms with Crippen LogP contribution >= 0.6 is 11.3 Å². The van der Waals surface area contributed by atoms with E-state index in [1.807, 2.05) is 6.92 Å². The summed E-state index contributed by atoms with van der Waals surface area (Å²) in [5.74, 6) is -1.11. The van der Waals surface area contributed by atoms with Crippen LogP contribution in [-0.2, 0) is 11.2 Å². The molecular weight excluding hydrogens is 414 g/mol. The minimum Gasteiger partial charge on any atom is -0.326 e. The van der Waals surface area contributed by atoms with Crippen molar-refractivity contribution in [2.24, 2.45) is 5.92 Å². The number of hydrogen-bond donors (Lipinski definition) is 3. The molecule has 1 heterocycles. The van der Waals surface area contributed by atoms with Gasteiger partial charge in [0.25, 0.3) is 11.8 Å². The highest BCUT2D eigenvalue weighted by atomic mass is 32.1. The van der Waals surface area contributed by atoms with Gasteiger partial charge in [-0.2, -0.15) is 0 Å². The van der Waals surface area contributed by atoms with E-state index in [1.165, 1.54) is 11.3 Å². The molecule has 3 aromatic rings. The summed E-state index contributed by atoms with van der Waals surface area (Å²) in [6, 6.07) is 13.3. The van der Waals surface area contributed by atoms with Crippen LogP contribution in [0, 0.1) is 5.92 Å². The van der Waals surface area contributed by atoms with Crippen LogP contribution < -0.4 is 16.0 Å². The maximum absolute atomic E-state index is 12.8. The molecule has 0 saturated carbocycles. The van der Waals surface area contributed by atoms with Crippen molar-refractivity contribution in [2.45, 2.75) is 27.2 Å². The first-order valence-corrected chi connectivity index (χ1v) is 10.6. The Morgan fingerprint density at radius 2 is 1.71 bits per heavy atom. The molecule has 160 valence electrons. The number of carbonyl (C=O) groups excluding carboxylic acids is 3. The minimum atomic E-state index is -0.398. The molecule has 2 aromatic carbocycles. The molecule has 1 aromatic heterocycles. The predicted molar refractivity (Wildman–Crippen MR) is 122 cm³/mol. The molecule has 0 aliphatic rings. The zero-order valence-corrected chi connectivity index (χ0v) is 18.2. The lowest BCUT2D eigenvalue weighted by molar-refractivity contribution is -0.118. The summed E-state index contributed by atoms with van der Waals surface area (Å²) in [7, 11) is 0. The molecule has 8 nitrogen and oxygen atoms in total. The lowest BCUT2D eigenvalue weighted by atomic mass is 10.1. The molecule has 0 radical (unpaired) electrons. The number of carbonyl (C=O) groups is 3. The molecule has 0 aliphatic carbocycles. The second kappa shape index (κ2) is 9.94. The molecule has 31 heavy (non-hydrogen) atoms. The Labute approximate surface area is 184 Å². The maximum atomic E-state index is 12.8. The van der Waals surface area contributed by atoms with Crippen LogP contribution in [0.3, 0.4) is 0 Å². The second-order valence-electron chi connectivity index (χ2n) is 7.03. The number of anilines is 3. The van der Waals surface area contributed by atoms with E-state index in [-0.39, 0.29) is 11.8 Å². The number of amides is 3. The molecule has 0 fully saturated rings. The van der Waals surface area contributed by atoms with E-state index in [0.29, 0.717) is 27.6 Å². The van der Waals surface area contributed by atoms with Gasteiger partial charge in [0.15, 0.2) is 0 Å². The fourth-order valence-corrected chi connectivity index (χ4v) is 3.30. The fourth-order valence-electron chi connectivity index (χ4n) is 2.62. The van der Waals surface area contributed by atoms with Crippen LogP contribution in [0.5, 0.6) is 0 Å². The molecule has 9 heteroatoms. The second-order valence-corrected chi connectivity index (χ2v) is 8.10. The Kier molecular flexibility index (Phi) is 7.09. The topological polar surface area (TPSA) is 113 Å². The van der Waals surface area contributed by atoms with E-state index in [4.69, 9.17) is 0 Å². The zero-order valence-electron chi connectivity index (χ0n) is 17.4. The molecule has 0 unspecified atom stereocenters. The van der Waals surface area contributed by atoms with Crippen LogP contribution in [0.4, 0.5) is 16.5 Å². The van der Waals surface area contributed by atoms with Gasteiger partial charge in [-0.1, -0.05) is 50.3 Å². The van der Waals surface area contributed by atoms with Crippen molar-refractivity contribution >= 4 is 45.6 Å². The Balaban J connectivity index is 1.75. The van der Waals surface area contributed by atoms with E-state index in [1.54, 1.807) is 62.4 Å². The van der Waals surface area contributed by atoms with Gasteiger partial charge in [-0.25, -0.2) is 0 Å². The molecular formula is C22H23N5O3S. The lowest BCUT2D eigenvalue weighted by Crippen LogP contribution is -2.19. The normalized spacial score (nSPS) is 10.6. The molecule has 0 atom stereocenters. The number of aryl methyl sites for hydroxylation is 1. The SMILES string of the molecule is CCc1nnc(NC(=O)c2ccccc2NC(=O)c2cccc(NC(=O)C(C)C)c2)s1.